The smallest absolute Gasteiger partial charge is 0.293 e. The van der Waals surface area contributed by atoms with E-state index in [-0.39, 0.29) is 5.91 Å². The number of methoxy groups -OCH3 is 2. The van der Waals surface area contributed by atoms with Crippen LogP contribution in [0.15, 0.2) is 78.0 Å². The lowest BCUT2D eigenvalue weighted by Gasteiger charge is -2.33. The molecule has 0 bridgehead atoms. The molecule has 3 aromatic carbocycles. The molecule has 4 aromatic rings. The van der Waals surface area contributed by atoms with E-state index in [0.29, 0.717) is 44.7 Å². The highest BCUT2D eigenvalue weighted by atomic mass is 32.2. The van der Waals surface area contributed by atoms with Gasteiger partial charge < -0.3 is 14.6 Å². The molecule has 8 nitrogen and oxygen atoms in total. The second-order valence-corrected chi connectivity index (χ2v) is 8.52. The first kappa shape index (κ1) is 22.7. The van der Waals surface area contributed by atoms with Crippen molar-refractivity contribution in [3.05, 3.63) is 83.9 Å². The summed E-state index contributed by atoms with van der Waals surface area (Å²) in [5.74, 6) is 0.414. The van der Waals surface area contributed by atoms with Gasteiger partial charge in [-0.2, -0.15) is 0 Å². The summed E-state index contributed by atoms with van der Waals surface area (Å²) in [6.07, 6.45) is 1.03. The Morgan fingerprint density at radius 2 is 1.71 bits per heavy atom. The number of aromatic nitrogens is 3. The Balaban J connectivity index is 1.82. The summed E-state index contributed by atoms with van der Waals surface area (Å²) in [5, 5.41) is 18.2. The Hall–Kier alpha value is -4.11. The molecule has 35 heavy (non-hydrogen) atoms. The number of carbonyl (C=O) groups is 1. The van der Waals surface area contributed by atoms with Gasteiger partial charge in [-0.15, -0.1) is 0 Å². The monoisotopic (exact) mass is 486 g/mol. The molecule has 0 spiro atoms. The molecule has 0 saturated carbocycles. The lowest BCUT2D eigenvalue weighted by atomic mass is 10.00. The van der Waals surface area contributed by atoms with Gasteiger partial charge in [0.2, 0.25) is 0 Å². The van der Waals surface area contributed by atoms with E-state index in [1.807, 2.05) is 42.5 Å². The molecule has 1 unspecified atom stereocenters. The molecule has 0 N–H and O–H groups in total. The van der Waals surface area contributed by atoms with E-state index in [9.17, 15) is 9.90 Å². The highest BCUT2D eigenvalue weighted by Crippen LogP contribution is 2.42. The van der Waals surface area contributed by atoms with Gasteiger partial charge in [-0.3, -0.25) is 4.79 Å². The molecule has 176 valence electrons. The molecule has 1 atom stereocenters. The van der Waals surface area contributed by atoms with Crippen LogP contribution < -0.4 is 24.2 Å². The summed E-state index contributed by atoms with van der Waals surface area (Å²) >= 11 is 1.26. The zero-order chi connectivity index (χ0) is 24.5. The molecule has 1 amide bonds. The van der Waals surface area contributed by atoms with Crippen molar-refractivity contribution in [2.75, 3.05) is 25.4 Å². The van der Waals surface area contributed by atoms with E-state index in [1.165, 1.54) is 11.8 Å². The van der Waals surface area contributed by atoms with Crippen molar-refractivity contribution in [3.8, 4) is 28.6 Å². The molecule has 0 aliphatic carbocycles. The largest absolute Gasteiger partial charge is 0.854 e. The number of fused-ring (bicyclic) bond motifs is 3. The van der Waals surface area contributed by atoms with Gasteiger partial charge >= 0.3 is 0 Å². The Morgan fingerprint density at radius 3 is 2.43 bits per heavy atom. The van der Waals surface area contributed by atoms with Gasteiger partial charge in [-0.05, 0) is 48.7 Å². The predicted octanol–water partition coefficient (Wildman–Crippen LogP) is 3.45. The van der Waals surface area contributed by atoms with Crippen molar-refractivity contribution < 1.29 is 24.1 Å². The number of nitrogens with zero attached hydrogens (tertiary/aromatic N) is 4. The van der Waals surface area contributed by atoms with Crippen molar-refractivity contribution in [3.63, 3.8) is 0 Å². The van der Waals surface area contributed by atoms with Crippen molar-refractivity contribution in [1.82, 2.24) is 10.1 Å². The summed E-state index contributed by atoms with van der Waals surface area (Å²) in [4.78, 5) is 19.8. The fourth-order valence-electron chi connectivity index (χ4n) is 4.27. The van der Waals surface area contributed by atoms with Gasteiger partial charge in [-0.1, -0.05) is 46.8 Å². The average molecular weight is 487 g/mol. The third-order valence-electron chi connectivity index (χ3n) is 5.84. The molecular weight excluding hydrogens is 464 g/mol. The summed E-state index contributed by atoms with van der Waals surface area (Å²) in [6.45, 7) is 0. The highest BCUT2D eigenvalue weighted by molar-refractivity contribution is 7.98. The van der Waals surface area contributed by atoms with Crippen LogP contribution in [0.3, 0.4) is 0 Å². The summed E-state index contributed by atoms with van der Waals surface area (Å²) in [7, 11) is 3.11. The van der Waals surface area contributed by atoms with E-state index < -0.39 is 12.0 Å². The standard InChI is InChI=1S/C26H22N4O4S/c1-33-20-14-13-17(15-21(20)34-2)24-29(25(32)16-9-5-4-6-10-16)19-12-8-7-11-18(19)22-23(31)27-26(35-3)28-30(22)24/h4-15,24H,1-3H3. The van der Waals surface area contributed by atoms with E-state index in [2.05, 4.69) is 10.1 Å². The molecule has 1 aliphatic heterocycles. The number of ether oxygens (including phenoxy) is 2. The first-order chi connectivity index (χ1) is 17.1. The first-order valence-electron chi connectivity index (χ1n) is 10.8. The highest BCUT2D eigenvalue weighted by Gasteiger charge is 2.45. The number of benzene rings is 3. The van der Waals surface area contributed by atoms with Gasteiger partial charge in [0.05, 0.1) is 31.4 Å². The minimum Gasteiger partial charge on any atom is -0.854 e. The number of thioether (sulfide) groups is 1. The van der Waals surface area contributed by atoms with Crippen molar-refractivity contribution in [2.24, 2.45) is 0 Å². The van der Waals surface area contributed by atoms with Crippen LogP contribution in [0.25, 0.3) is 11.3 Å². The third-order valence-corrected chi connectivity index (χ3v) is 6.38. The van der Waals surface area contributed by atoms with E-state index in [4.69, 9.17) is 9.47 Å². The number of amides is 1. The Labute approximate surface area is 206 Å². The van der Waals surface area contributed by atoms with Gasteiger partial charge in [-0.25, -0.2) is 9.88 Å². The molecule has 9 heteroatoms. The van der Waals surface area contributed by atoms with Gasteiger partial charge in [0.1, 0.15) is 0 Å². The first-order valence-corrected chi connectivity index (χ1v) is 12.0. The number of para-hydroxylation sites is 1. The predicted molar refractivity (Wildman–Crippen MR) is 130 cm³/mol. The summed E-state index contributed by atoms with van der Waals surface area (Å²) in [5.41, 5.74) is 2.70. The zero-order valence-electron chi connectivity index (χ0n) is 19.3. The van der Waals surface area contributed by atoms with E-state index in [0.717, 1.165) is 0 Å². The molecular formula is C26H22N4O4S. The molecule has 1 aromatic heterocycles. The van der Waals surface area contributed by atoms with Crippen LogP contribution >= 0.6 is 11.8 Å². The number of hydrogen-bond donors (Lipinski definition) is 0. The van der Waals surface area contributed by atoms with Crippen LogP contribution in [0.5, 0.6) is 17.4 Å². The van der Waals surface area contributed by atoms with Crippen LogP contribution in [0, 0.1) is 0 Å². The summed E-state index contributed by atoms with van der Waals surface area (Å²) in [6, 6.07) is 21.7. The van der Waals surface area contributed by atoms with Crippen LogP contribution in [0.4, 0.5) is 5.69 Å². The Morgan fingerprint density at radius 1 is 1.00 bits per heavy atom. The van der Waals surface area contributed by atoms with Crippen LogP contribution in [-0.2, 0) is 0 Å². The molecule has 2 heterocycles. The second kappa shape index (κ2) is 9.27. The average Bonchev–Trinajstić information content (AvgIpc) is 2.91. The fourth-order valence-corrected chi connectivity index (χ4v) is 4.62. The number of carbonyl (C=O) groups excluding carboxylic acids is 1. The Kier molecular flexibility index (Phi) is 6.00. The zero-order valence-corrected chi connectivity index (χ0v) is 20.2. The van der Waals surface area contributed by atoms with Crippen molar-refractivity contribution in [1.29, 1.82) is 0 Å². The SMILES string of the molecule is COc1ccc(C2N(C(=O)c3ccccc3)c3ccccc3-c3c([O-])nc(SC)n[n+]32)cc1OC. The molecule has 0 fully saturated rings. The number of anilines is 1. The number of hydrogen-bond acceptors (Lipinski definition) is 7. The maximum Gasteiger partial charge on any atom is 0.293 e. The van der Waals surface area contributed by atoms with E-state index in [1.54, 1.807) is 60.4 Å². The number of rotatable bonds is 5. The van der Waals surface area contributed by atoms with Crippen LogP contribution in [-0.4, -0.2) is 36.5 Å². The quantitative estimate of drug-likeness (QED) is 0.315. The lowest BCUT2D eigenvalue weighted by Crippen LogP contribution is -2.59. The molecule has 1 aliphatic rings. The molecule has 5 rings (SSSR count). The maximum absolute atomic E-state index is 14.0. The van der Waals surface area contributed by atoms with Crippen molar-refractivity contribution >= 4 is 23.4 Å². The van der Waals surface area contributed by atoms with Crippen LogP contribution in [0.2, 0.25) is 0 Å². The molecule has 0 saturated heterocycles. The minimum atomic E-state index is -0.769. The van der Waals surface area contributed by atoms with Gasteiger partial charge in [0.15, 0.2) is 11.5 Å². The van der Waals surface area contributed by atoms with Crippen molar-refractivity contribution in [2.45, 2.75) is 11.3 Å². The van der Waals surface area contributed by atoms with Gasteiger partial charge in [0, 0.05) is 16.2 Å². The van der Waals surface area contributed by atoms with Crippen LogP contribution in [0.1, 0.15) is 22.1 Å². The fraction of sp³-hybridized carbons (Fsp3) is 0.154. The Bertz CT molecular complexity index is 1410. The second-order valence-electron chi connectivity index (χ2n) is 7.74. The molecule has 0 radical (unpaired) electrons. The lowest BCUT2D eigenvalue weighted by molar-refractivity contribution is -0.764. The minimum absolute atomic E-state index is 0.229. The normalized spacial score (nSPS) is 14.1. The van der Waals surface area contributed by atoms with Gasteiger partial charge in [0.25, 0.3) is 22.9 Å². The topological polar surface area (TPSA) is 91.5 Å². The summed E-state index contributed by atoms with van der Waals surface area (Å²) < 4.78 is 12.5. The van der Waals surface area contributed by atoms with E-state index >= 15 is 0 Å². The third kappa shape index (κ3) is 3.83. The maximum atomic E-state index is 14.0.